The lowest BCUT2D eigenvalue weighted by atomic mass is 10.1. The quantitative estimate of drug-likeness (QED) is 0.418. The Bertz CT molecular complexity index is 1130. The molecule has 0 spiro atoms. The fraction of sp³-hybridized carbons (Fsp3) is 0.160. The van der Waals surface area contributed by atoms with Gasteiger partial charge in [0.1, 0.15) is 5.82 Å². The first kappa shape index (κ1) is 20.9. The number of nitrogens with zero attached hydrogens (tertiary/aromatic N) is 3. The van der Waals surface area contributed by atoms with E-state index in [-0.39, 0.29) is 11.7 Å². The number of hydrogen-bond acceptors (Lipinski definition) is 4. The summed E-state index contributed by atoms with van der Waals surface area (Å²) in [5, 5.41) is 12.5. The van der Waals surface area contributed by atoms with Gasteiger partial charge in [-0.3, -0.25) is 9.36 Å². The highest BCUT2D eigenvalue weighted by Gasteiger charge is 2.16. The number of rotatable bonds is 8. The van der Waals surface area contributed by atoms with Crippen LogP contribution in [0.3, 0.4) is 0 Å². The topological polar surface area (TPSA) is 59.8 Å². The smallest absolute Gasteiger partial charge is 0.230 e. The summed E-state index contributed by atoms with van der Waals surface area (Å²) in [6, 6.07) is 28.4. The van der Waals surface area contributed by atoms with E-state index in [9.17, 15) is 4.79 Å². The molecular formula is C25H24N4OS. The van der Waals surface area contributed by atoms with Crippen LogP contribution in [0.5, 0.6) is 0 Å². The molecule has 1 amide bonds. The highest BCUT2D eigenvalue weighted by atomic mass is 32.2. The zero-order valence-electron chi connectivity index (χ0n) is 17.4. The molecule has 0 aliphatic rings. The monoisotopic (exact) mass is 428 g/mol. The Labute approximate surface area is 186 Å². The molecule has 3 aromatic carbocycles. The molecular weight excluding hydrogens is 404 g/mol. The average molecular weight is 429 g/mol. The van der Waals surface area contributed by atoms with Crippen LogP contribution < -0.4 is 5.32 Å². The van der Waals surface area contributed by atoms with Gasteiger partial charge in [-0.25, -0.2) is 0 Å². The van der Waals surface area contributed by atoms with Gasteiger partial charge in [-0.2, -0.15) is 0 Å². The second-order valence-corrected chi connectivity index (χ2v) is 8.23. The molecule has 0 aliphatic carbocycles. The van der Waals surface area contributed by atoms with Gasteiger partial charge in [0.05, 0.1) is 5.75 Å². The van der Waals surface area contributed by atoms with E-state index < -0.39 is 0 Å². The van der Waals surface area contributed by atoms with Crippen LogP contribution in [0.25, 0.3) is 5.69 Å². The number of aryl methyl sites for hydroxylation is 1. The lowest BCUT2D eigenvalue weighted by Gasteiger charge is -2.10. The zero-order chi connectivity index (χ0) is 21.5. The minimum absolute atomic E-state index is 0.0298. The first-order valence-corrected chi connectivity index (χ1v) is 11.2. The van der Waals surface area contributed by atoms with Crippen LogP contribution in [0.4, 0.5) is 0 Å². The molecule has 0 unspecified atom stereocenters. The summed E-state index contributed by atoms with van der Waals surface area (Å²) < 4.78 is 2.03. The largest absolute Gasteiger partial charge is 0.351 e. The van der Waals surface area contributed by atoms with Crippen molar-refractivity contribution >= 4 is 17.7 Å². The van der Waals surface area contributed by atoms with Crippen molar-refractivity contribution in [2.75, 3.05) is 5.75 Å². The van der Waals surface area contributed by atoms with E-state index in [0.717, 1.165) is 17.1 Å². The molecule has 4 rings (SSSR count). The van der Waals surface area contributed by atoms with Crippen LogP contribution in [0.2, 0.25) is 0 Å². The molecule has 6 heteroatoms. The Kier molecular flexibility index (Phi) is 6.79. The van der Waals surface area contributed by atoms with Gasteiger partial charge in [0.2, 0.25) is 5.91 Å². The Morgan fingerprint density at radius 2 is 1.55 bits per heavy atom. The molecule has 0 saturated heterocycles. The van der Waals surface area contributed by atoms with Crippen molar-refractivity contribution in [3.05, 3.63) is 107 Å². The lowest BCUT2D eigenvalue weighted by molar-refractivity contribution is -0.118. The van der Waals surface area contributed by atoms with E-state index >= 15 is 0 Å². The highest BCUT2D eigenvalue weighted by molar-refractivity contribution is 7.99. The molecule has 1 N–H and O–H groups in total. The van der Waals surface area contributed by atoms with Crippen LogP contribution in [-0.4, -0.2) is 26.4 Å². The molecule has 0 fully saturated rings. The molecule has 31 heavy (non-hydrogen) atoms. The Morgan fingerprint density at radius 1 is 0.871 bits per heavy atom. The van der Waals surface area contributed by atoms with Gasteiger partial charge < -0.3 is 5.32 Å². The minimum Gasteiger partial charge on any atom is -0.351 e. The van der Waals surface area contributed by atoms with Crippen molar-refractivity contribution in [3.63, 3.8) is 0 Å². The maximum atomic E-state index is 12.4. The summed E-state index contributed by atoms with van der Waals surface area (Å²) in [4.78, 5) is 12.4. The molecule has 1 aromatic heterocycles. The van der Waals surface area contributed by atoms with Gasteiger partial charge in [-0.05, 0) is 30.2 Å². The fourth-order valence-corrected chi connectivity index (χ4v) is 4.01. The Hall–Kier alpha value is -3.38. The van der Waals surface area contributed by atoms with Crippen molar-refractivity contribution < 1.29 is 4.79 Å². The predicted octanol–water partition coefficient (Wildman–Crippen LogP) is 4.58. The van der Waals surface area contributed by atoms with E-state index in [1.807, 2.05) is 84.3 Å². The van der Waals surface area contributed by atoms with E-state index in [2.05, 4.69) is 27.6 Å². The number of carbonyl (C=O) groups is 1. The van der Waals surface area contributed by atoms with Gasteiger partial charge in [-0.1, -0.05) is 90.1 Å². The van der Waals surface area contributed by atoms with Crippen LogP contribution in [-0.2, 0) is 17.8 Å². The molecule has 0 atom stereocenters. The van der Waals surface area contributed by atoms with Gasteiger partial charge in [0.15, 0.2) is 5.16 Å². The van der Waals surface area contributed by atoms with Crippen LogP contribution in [0.15, 0.2) is 90.1 Å². The van der Waals surface area contributed by atoms with Gasteiger partial charge >= 0.3 is 0 Å². The number of hydrogen-bond donors (Lipinski definition) is 1. The number of aromatic nitrogens is 3. The van der Waals surface area contributed by atoms with Crippen LogP contribution >= 0.6 is 11.8 Å². The number of nitrogens with one attached hydrogen (secondary N) is 1. The average Bonchev–Trinajstić information content (AvgIpc) is 3.21. The number of benzene rings is 3. The summed E-state index contributed by atoms with van der Waals surface area (Å²) in [6.07, 6.45) is 0.670. The van der Waals surface area contributed by atoms with Crippen molar-refractivity contribution in [2.45, 2.75) is 25.0 Å². The summed E-state index contributed by atoms with van der Waals surface area (Å²) in [7, 11) is 0. The molecule has 0 radical (unpaired) electrons. The third kappa shape index (κ3) is 5.61. The molecule has 1 heterocycles. The van der Waals surface area contributed by atoms with E-state index in [4.69, 9.17) is 0 Å². The second-order valence-electron chi connectivity index (χ2n) is 7.28. The third-order valence-electron chi connectivity index (χ3n) is 4.86. The van der Waals surface area contributed by atoms with E-state index in [1.54, 1.807) is 0 Å². The molecule has 156 valence electrons. The van der Waals surface area contributed by atoms with Crippen molar-refractivity contribution in [1.29, 1.82) is 0 Å². The Balaban J connectivity index is 1.46. The number of thioether (sulfide) groups is 1. The fourth-order valence-electron chi connectivity index (χ4n) is 3.21. The Morgan fingerprint density at radius 3 is 2.26 bits per heavy atom. The standard InChI is InChI=1S/C25H24N4OS/c1-19-12-14-21(15-13-19)17-26-24(30)18-31-25-28-27-23(16-20-8-4-2-5-9-20)29(25)22-10-6-3-7-11-22/h2-15H,16-18H2,1H3,(H,26,30). The zero-order valence-corrected chi connectivity index (χ0v) is 18.2. The molecule has 0 saturated carbocycles. The normalized spacial score (nSPS) is 10.7. The second kappa shape index (κ2) is 10.1. The summed E-state index contributed by atoms with van der Waals surface area (Å²) in [6.45, 7) is 2.57. The molecule has 0 aliphatic heterocycles. The summed E-state index contributed by atoms with van der Waals surface area (Å²) in [5.74, 6) is 1.10. The first-order valence-electron chi connectivity index (χ1n) is 10.2. The number of amides is 1. The SMILES string of the molecule is Cc1ccc(CNC(=O)CSc2nnc(Cc3ccccc3)n2-c2ccccc2)cc1. The maximum Gasteiger partial charge on any atom is 0.230 e. The first-order chi connectivity index (χ1) is 15.2. The van der Waals surface area contributed by atoms with Gasteiger partial charge in [0, 0.05) is 18.7 Å². The van der Waals surface area contributed by atoms with E-state index in [0.29, 0.717) is 18.1 Å². The summed E-state index contributed by atoms with van der Waals surface area (Å²) >= 11 is 1.40. The van der Waals surface area contributed by atoms with Gasteiger partial charge in [-0.15, -0.1) is 10.2 Å². The third-order valence-corrected chi connectivity index (χ3v) is 5.79. The van der Waals surface area contributed by atoms with Crippen molar-refractivity contribution in [2.24, 2.45) is 0 Å². The van der Waals surface area contributed by atoms with Crippen molar-refractivity contribution in [3.8, 4) is 5.69 Å². The van der Waals surface area contributed by atoms with Crippen molar-refractivity contribution in [1.82, 2.24) is 20.1 Å². The number of para-hydroxylation sites is 1. The molecule has 4 aromatic rings. The lowest BCUT2D eigenvalue weighted by Crippen LogP contribution is -2.24. The maximum absolute atomic E-state index is 12.4. The number of carbonyl (C=O) groups excluding carboxylic acids is 1. The minimum atomic E-state index is -0.0298. The molecule has 0 bridgehead atoms. The van der Waals surface area contributed by atoms with E-state index in [1.165, 1.54) is 22.9 Å². The van der Waals surface area contributed by atoms with Crippen LogP contribution in [0, 0.1) is 6.92 Å². The summed E-state index contributed by atoms with van der Waals surface area (Å²) in [5.41, 5.74) is 4.44. The van der Waals surface area contributed by atoms with Gasteiger partial charge in [0.25, 0.3) is 0 Å². The highest BCUT2D eigenvalue weighted by Crippen LogP contribution is 2.23. The van der Waals surface area contributed by atoms with Crippen LogP contribution in [0.1, 0.15) is 22.5 Å². The molecule has 5 nitrogen and oxygen atoms in total. The predicted molar refractivity (Wildman–Crippen MR) is 124 cm³/mol.